The van der Waals surface area contributed by atoms with Crippen molar-refractivity contribution in [3.05, 3.63) is 35.3 Å². The van der Waals surface area contributed by atoms with Gasteiger partial charge in [0, 0.05) is 19.9 Å². The van der Waals surface area contributed by atoms with E-state index in [-0.39, 0.29) is 30.2 Å². The predicted molar refractivity (Wildman–Crippen MR) is 86.6 cm³/mol. The first-order valence-corrected chi connectivity index (χ1v) is 8.22. The van der Waals surface area contributed by atoms with E-state index in [1.807, 2.05) is 6.92 Å². The molecule has 2 N–H and O–H groups in total. The number of morpholine rings is 1. The summed E-state index contributed by atoms with van der Waals surface area (Å²) in [6, 6.07) is 3.30. The molecule has 0 spiro atoms. The van der Waals surface area contributed by atoms with Gasteiger partial charge in [-0.15, -0.1) is 0 Å². The molecular formula is C16H21N5O4. The molecule has 0 aliphatic carbocycles. The van der Waals surface area contributed by atoms with E-state index in [1.54, 1.807) is 17.0 Å². The van der Waals surface area contributed by atoms with E-state index in [1.165, 1.54) is 6.92 Å². The summed E-state index contributed by atoms with van der Waals surface area (Å²) in [6.07, 6.45) is 0.398. The normalized spacial score (nSPS) is 17.5. The van der Waals surface area contributed by atoms with Crippen LogP contribution in [0.4, 0.5) is 0 Å². The van der Waals surface area contributed by atoms with Crippen LogP contribution in [0.5, 0.6) is 0 Å². The third kappa shape index (κ3) is 4.05. The van der Waals surface area contributed by atoms with Crippen molar-refractivity contribution < 1.29 is 18.7 Å². The molecule has 9 heteroatoms. The molecule has 0 aromatic carbocycles. The monoisotopic (exact) mass is 347 g/mol. The molecule has 2 aromatic rings. The Labute approximate surface area is 144 Å². The molecule has 0 unspecified atom stereocenters. The molecule has 1 saturated heterocycles. The van der Waals surface area contributed by atoms with Gasteiger partial charge in [0.05, 0.1) is 19.7 Å². The molecule has 0 saturated carbocycles. The maximum atomic E-state index is 12.6. The summed E-state index contributed by atoms with van der Waals surface area (Å²) in [5.74, 6) is 1.75. The Balaban J connectivity index is 1.64. The Morgan fingerprint density at radius 2 is 2.28 bits per heavy atom. The second-order valence-electron chi connectivity index (χ2n) is 5.78. The molecule has 2 aromatic heterocycles. The van der Waals surface area contributed by atoms with Crippen molar-refractivity contribution >= 4 is 11.8 Å². The SMILES string of the molecule is CCc1nc([C@H]2CN(C(=O)c3ccc(CNC(C)=O)o3)CCO2)n[nH]1. The molecule has 2 amide bonds. The lowest BCUT2D eigenvalue weighted by atomic mass is 10.2. The smallest absolute Gasteiger partial charge is 0.289 e. The van der Waals surface area contributed by atoms with Gasteiger partial charge in [-0.2, -0.15) is 5.10 Å². The summed E-state index contributed by atoms with van der Waals surface area (Å²) < 4.78 is 11.2. The quantitative estimate of drug-likeness (QED) is 0.827. The third-order valence-electron chi connectivity index (χ3n) is 3.91. The lowest BCUT2D eigenvalue weighted by Gasteiger charge is -2.31. The van der Waals surface area contributed by atoms with Gasteiger partial charge in [0.25, 0.3) is 5.91 Å². The first-order valence-electron chi connectivity index (χ1n) is 8.22. The molecule has 3 rings (SSSR count). The van der Waals surface area contributed by atoms with Crippen molar-refractivity contribution in [3.8, 4) is 0 Å². The largest absolute Gasteiger partial charge is 0.454 e. The van der Waals surface area contributed by atoms with Gasteiger partial charge in [0.2, 0.25) is 5.91 Å². The standard InChI is InChI=1S/C16H21N5O4/c1-3-14-18-15(20-19-14)13-9-21(6-7-24-13)16(23)12-5-4-11(25-12)8-17-10(2)22/h4-5,13H,3,6-9H2,1-2H3,(H,17,22)(H,18,19,20)/t13-/m1/s1. The van der Waals surface area contributed by atoms with E-state index in [0.29, 0.717) is 31.3 Å². The van der Waals surface area contributed by atoms with Crippen LogP contribution in [0.1, 0.15) is 47.9 Å². The number of ether oxygens (including phenoxy) is 1. The van der Waals surface area contributed by atoms with E-state index in [9.17, 15) is 9.59 Å². The van der Waals surface area contributed by atoms with Crippen LogP contribution in [0.25, 0.3) is 0 Å². The lowest BCUT2D eigenvalue weighted by Crippen LogP contribution is -2.42. The minimum atomic E-state index is -0.358. The number of amides is 2. The second-order valence-corrected chi connectivity index (χ2v) is 5.78. The number of aryl methyl sites for hydroxylation is 1. The van der Waals surface area contributed by atoms with Crippen molar-refractivity contribution in [1.82, 2.24) is 25.4 Å². The van der Waals surface area contributed by atoms with Crippen molar-refractivity contribution in [2.75, 3.05) is 19.7 Å². The van der Waals surface area contributed by atoms with E-state index in [0.717, 1.165) is 12.2 Å². The topological polar surface area (TPSA) is 113 Å². The Morgan fingerprint density at radius 1 is 1.44 bits per heavy atom. The molecule has 0 bridgehead atoms. The number of aromatic amines is 1. The van der Waals surface area contributed by atoms with E-state index < -0.39 is 0 Å². The number of hydrogen-bond donors (Lipinski definition) is 2. The fourth-order valence-corrected chi connectivity index (χ4v) is 2.56. The molecule has 134 valence electrons. The van der Waals surface area contributed by atoms with E-state index >= 15 is 0 Å². The van der Waals surface area contributed by atoms with Crippen LogP contribution >= 0.6 is 0 Å². The average Bonchev–Trinajstić information content (AvgIpc) is 3.28. The second kappa shape index (κ2) is 7.47. The van der Waals surface area contributed by atoms with Gasteiger partial charge in [-0.1, -0.05) is 6.92 Å². The summed E-state index contributed by atoms with van der Waals surface area (Å²) in [5.41, 5.74) is 0. The maximum Gasteiger partial charge on any atom is 0.289 e. The van der Waals surface area contributed by atoms with Gasteiger partial charge in [0.1, 0.15) is 17.7 Å². The van der Waals surface area contributed by atoms with E-state index in [2.05, 4.69) is 20.5 Å². The van der Waals surface area contributed by atoms with Crippen LogP contribution in [0, 0.1) is 0 Å². The number of aromatic nitrogens is 3. The Hall–Kier alpha value is -2.68. The molecule has 3 heterocycles. The number of hydrogen-bond acceptors (Lipinski definition) is 6. The minimum Gasteiger partial charge on any atom is -0.454 e. The number of H-pyrrole nitrogens is 1. The van der Waals surface area contributed by atoms with Crippen LogP contribution in [-0.2, 0) is 22.5 Å². The van der Waals surface area contributed by atoms with Gasteiger partial charge in [-0.3, -0.25) is 14.7 Å². The molecule has 1 aliphatic rings. The highest BCUT2D eigenvalue weighted by Gasteiger charge is 2.29. The van der Waals surface area contributed by atoms with Crippen LogP contribution in [0.3, 0.4) is 0 Å². The number of carbonyl (C=O) groups excluding carboxylic acids is 2. The number of carbonyl (C=O) groups is 2. The molecule has 0 radical (unpaired) electrons. The maximum absolute atomic E-state index is 12.6. The van der Waals surface area contributed by atoms with Gasteiger partial charge in [-0.25, -0.2) is 4.98 Å². The minimum absolute atomic E-state index is 0.154. The molecular weight excluding hydrogens is 326 g/mol. The van der Waals surface area contributed by atoms with Gasteiger partial charge >= 0.3 is 0 Å². The Morgan fingerprint density at radius 3 is 3.00 bits per heavy atom. The number of rotatable bonds is 5. The van der Waals surface area contributed by atoms with Crippen LogP contribution in [0.2, 0.25) is 0 Å². The summed E-state index contributed by atoms with van der Waals surface area (Å²) in [5, 5.41) is 9.65. The number of nitrogens with one attached hydrogen (secondary N) is 2. The lowest BCUT2D eigenvalue weighted by molar-refractivity contribution is -0.119. The van der Waals surface area contributed by atoms with Gasteiger partial charge in [-0.05, 0) is 12.1 Å². The average molecular weight is 347 g/mol. The highest BCUT2D eigenvalue weighted by molar-refractivity contribution is 5.91. The first kappa shape index (κ1) is 17.2. The number of nitrogens with zero attached hydrogens (tertiary/aromatic N) is 3. The molecule has 1 fully saturated rings. The molecule has 9 nitrogen and oxygen atoms in total. The molecule has 25 heavy (non-hydrogen) atoms. The highest BCUT2D eigenvalue weighted by Crippen LogP contribution is 2.21. The van der Waals surface area contributed by atoms with Crippen molar-refractivity contribution in [1.29, 1.82) is 0 Å². The van der Waals surface area contributed by atoms with E-state index in [4.69, 9.17) is 9.15 Å². The first-order chi connectivity index (χ1) is 12.1. The summed E-state index contributed by atoms with van der Waals surface area (Å²) in [6.45, 7) is 4.91. The Kier molecular flexibility index (Phi) is 5.13. The summed E-state index contributed by atoms with van der Waals surface area (Å²) in [4.78, 5) is 29.6. The van der Waals surface area contributed by atoms with Crippen LogP contribution < -0.4 is 5.32 Å². The van der Waals surface area contributed by atoms with Crippen molar-refractivity contribution in [2.45, 2.75) is 32.9 Å². The number of furan rings is 1. The van der Waals surface area contributed by atoms with Crippen molar-refractivity contribution in [2.24, 2.45) is 0 Å². The van der Waals surface area contributed by atoms with Crippen LogP contribution in [0.15, 0.2) is 16.5 Å². The zero-order valence-electron chi connectivity index (χ0n) is 14.2. The molecule has 1 atom stereocenters. The summed E-state index contributed by atoms with van der Waals surface area (Å²) >= 11 is 0. The highest BCUT2D eigenvalue weighted by atomic mass is 16.5. The summed E-state index contributed by atoms with van der Waals surface area (Å²) in [7, 11) is 0. The fraction of sp³-hybridized carbons (Fsp3) is 0.500. The van der Waals surface area contributed by atoms with Crippen molar-refractivity contribution in [3.63, 3.8) is 0 Å². The third-order valence-corrected chi connectivity index (χ3v) is 3.91. The van der Waals surface area contributed by atoms with Crippen LogP contribution in [-0.4, -0.2) is 51.6 Å². The molecule has 1 aliphatic heterocycles. The predicted octanol–water partition coefficient (Wildman–Crippen LogP) is 0.810. The van der Waals surface area contributed by atoms with Gasteiger partial charge in [0.15, 0.2) is 11.6 Å². The zero-order chi connectivity index (χ0) is 17.8. The fourth-order valence-electron chi connectivity index (χ4n) is 2.56. The zero-order valence-corrected chi connectivity index (χ0v) is 14.2. The Bertz CT molecular complexity index is 753. The van der Waals surface area contributed by atoms with Gasteiger partial charge < -0.3 is 19.4 Å².